The van der Waals surface area contributed by atoms with Crippen molar-refractivity contribution >= 4 is 0 Å². The molecule has 0 aromatic heterocycles. The molecule has 2 N–H and O–H groups in total. The quantitative estimate of drug-likeness (QED) is 0.223. The third kappa shape index (κ3) is 22.0. The number of hydrogen-bond donors (Lipinski definition) is 1. The molecule has 0 amide bonds. The number of unbranched alkanes of at least 4 members (excludes halogenated alkanes) is 17. The molecule has 0 radical (unpaired) electrons. The van der Waals surface area contributed by atoms with Crippen molar-refractivity contribution in [1.29, 1.82) is 0 Å². The Morgan fingerprint density at radius 1 is 0.417 bits per heavy atom. The Labute approximate surface area is 154 Å². The Balaban J connectivity index is 2.95. The standard InChI is InChI=1S/C23H49N/c1-23(2)21-19-17-15-13-11-9-7-5-3-4-6-8-10-12-14-16-18-20-22-24/h23H,3-22,24H2,1-2H3. The van der Waals surface area contributed by atoms with Gasteiger partial charge in [-0.25, -0.2) is 0 Å². The van der Waals surface area contributed by atoms with Crippen LogP contribution in [-0.4, -0.2) is 6.54 Å². The zero-order valence-corrected chi connectivity index (χ0v) is 17.3. The first-order valence-electron chi connectivity index (χ1n) is 11.5. The van der Waals surface area contributed by atoms with Crippen LogP contribution in [-0.2, 0) is 0 Å². The van der Waals surface area contributed by atoms with Gasteiger partial charge in [-0.1, -0.05) is 129 Å². The molecule has 0 spiro atoms. The fourth-order valence-corrected chi connectivity index (χ4v) is 3.53. The van der Waals surface area contributed by atoms with Crippen LogP contribution in [0, 0.1) is 5.92 Å². The van der Waals surface area contributed by atoms with E-state index in [1.165, 1.54) is 122 Å². The predicted molar refractivity (Wildman–Crippen MR) is 112 cm³/mol. The molecule has 0 aliphatic carbocycles. The highest BCUT2D eigenvalue weighted by molar-refractivity contribution is 4.51. The zero-order chi connectivity index (χ0) is 17.7. The van der Waals surface area contributed by atoms with Gasteiger partial charge in [0.25, 0.3) is 0 Å². The fraction of sp³-hybridized carbons (Fsp3) is 1.00. The van der Waals surface area contributed by atoms with Crippen molar-refractivity contribution in [3.63, 3.8) is 0 Å². The van der Waals surface area contributed by atoms with Gasteiger partial charge in [0.1, 0.15) is 0 Å². The second-order valence-electron chi connectivity index (χ2n) is 8.34. The summed E-state index contributed by atoms with van der Waals surface area (Å²) in [4.78, 5) is 0. The Morgan fingerprint density at radius 2 is 0.667 bits per heavy atom. The van der Waals surface area contributed by atoms with Crippen LogP contribution in [0.4, 0.5) is 0 Å². The van der Waals surface area contributed by atoms with E-state index in [9.17, 15) is 0 Å². The summed E-state index contributed by atoms with van der Waals surface area (Å²) in [5.74, 6) is 0.895. The average molecular weight is 340 g/mol. The van der Waals surface area contributed by atoms with E-state index in [1.807, 2.05) is 0 Å². The van der Waals surface area contributed by atoms with E-state index in [2.05, 4.69) is 13.8 Å². The average Bonchev–Trinajstić information content (AvgIpc) is 2.56. The molecular weight excluding hydrogens is 290 g/mol. The lowest BCUT2D eigenvalue weighted by Crippen LogP contribution is -1.97. The first kappa shape index (κ1) is 24.0. The maximum atomic E-state index is 5.51. The van der Waals surface area contributed by atoms with Crippen molar-refractivity contribution in [2.24, 2.45) is 11.7 Å². The molecule has 0 heterocycles. The molecule has 0 fully saturated rings. The van der Waals surface area contributed by atoms with Crippen molar-refractivity contribution in [2.75, 3.05) is 6.54 Å². The Bertz CT molecular complexity index is 212. The van der Waals surface area contributed by atoms with Crippen LogP contribution in [0.5, 0.6) is 0 Å². The van der Waals surface area contributed by atoms with Crippen molar-refractivity contribution in [3.05, 3.63) is 0 Å². The number of nitrogens with two attached hydrogens (primary N) is 1. The summed E-state index contributed by atoms with van der Waals surface area (Å²) in [6, 6.07) is 0. The second kappa shape index (κ2) is 21.0. The molecule has 0 aliphatic heterocycles. The minimum Gasteiger partial charge on any atom is -0.330 e. The lowest BCUT2D eigenvalue weighted by Gasteiger charge is -2.05. The third-order valence-corrected chi connectivity index (χ3v) is 5.24. The van der Waals surface area contributed by atoms with Crippen molar-refractivity contribution in [3.8, 4) is 0 Å². The van der Waals surface area contributed by atoms with Gasteiger partial charge in [0.15, 0.2) is 0 Å². The molecule has 0 saturated heterocycles. The lowest BCUT2D eigenvalue weighted by molar-refractivity contribution is 0.501. The minimum absolute atomic E-state index is 0.873. The highest BCUT2D eigenvalue weighted by Crippen LogP contribution is 2.15. The molecule has 0 aromatic rings. The highest BCUT2D eigenvalue weighted by atomic mass is 14.5. The molecule has 0 saturated carbocycles. The van der Waals surface area contributed by atoms with E-state index in [0.717, 1.165) is 12.5 Å². The van der Waals surface area contributed by atoms with Gasteiger partial charge in [-0.05, 0) is 18.9 Å². The lowest BCUT2D eigenvalue weighted by atomic mass is 10.0. The van der Waals surface area contributed by atoms with Gasteiger partial charge in [0, 0.05) is 0 Å². The van der Waals surface area contributed by atoms with Gasteiger partial charge < -0.3 is 5.73 Å². The molecule has 0 unspecified atom stereocenters. The Hall–Kier alpha value is -0.0400. The summed E-state index contributed by atoms with van der Waals surface area (Å²) < 4.78 is 0. The van der Waals surface area contributed by atoms with Crippen LogP contribution in [0.15, 0.2) is 0 Å². The van der Waals surface area contributed by atoms with E-state index in [0.29, 0.717) is 0 Å². The first-order chi connectivity index (χ1) is 11.8. The molecule has 0 aromatic carbocycles. The molecule has 1 heteroatoms. The first-order valence-corrected chi connectivity index (χ1v) is 11.5. The van der Waals surface area contributed by atoms with Crippen LogP contribution >= 0.6 is 0 Å². The van der Waals surface area contributed by atoms with Crippen LogP contribution < -0.4 is 5.73 Å². The van der Waals surface area contributed by atoms with Crippen LogP contribution in [0.2, 0.25) is 0 Å². The Morgan fingerprint density at radius 3 is 0.917 bits per heavy atom. The van der Waals surface area contributed by atoms with E-state index in [4.69, 9.17) is 5.73 Å². The minimum atomic E-state index is 0.873. The summed E-state index contributed by atoms with van der Waals surface area (Å²) in [6.45, 7) is 5.55. The van der Waals surface area contributed by atoms with Crippen LogP contribution in [0.25, 0.3) is 0 Å². The molecule has 0 atom stereocenters. The van der Waals surface area contributed by atoms with Gasteiger partial charge in [0.2, 0.25) is 0 Å². The van der Waals surface area contributed by atoms with Gasteiger partial charge in [-0.2, -0.15) is 0 Å². The predicted octanol–water partition coefficient (Wildman–Crippen LogP) is 8.01. The zero-order valence-electron chi connectivity index (χ0n) is 17.3. The molecule has 146 valence electrons. The van der Waals surface area contributed by atoms with Gasteiger partial charge >= 0.3 is 0 Å². The molecule has 0 aliphatic rings. The number of rotatable bonds is 20. The van der Waals surface area contributed by atoms with Gasteiger partial charge in [-0.15, -0.1) is 0 Å². The van der Waals surface area contributed by atoms with Gasteiger partial charge in [-0.3, -0.25) is 0 Å². The molecular formula is C23H49N. The van der Waals surface area contributed by atoms with E-state index in [-0.39, 0.29) is 0 Å². The largest absolute Gasteiger partial charge is 0.330 e. The summed E-state index contributed by atoms with van der Waals surface area (Å²) in [7, 11) is 0. The second-order valence-corrected chi connectivity index (χ2v) is 8.34. The van der Waals surface area contributed by atoms with E-state index < -0.39 is 0 Å². The normalized spacial score (nSPS) is 11.5. The SMILES string of the molecule is CC(C)CCCCCCCCCCCCCCCCCCCCN. The molecule has 0 bridgehead atoms. The smallest absolute Gasteiger partial charge is 0.00773 e. The summed E-state index contributed by atoms with van der Waals surface area (Å²) in [5, 5.41) is 0. The van der Waals surface area contributed by atoms with Crippen molar-refractivity contribution in [1.82, 2.24) is 0 Å². The maximum absolute atomic E-state index is 5.51. The fourth-order valence-electron chi connectivity index (χ4n) is 3.53. The topological polar surface area (TPSA) is 26.0 Å². The van der Waals surface area contributed by atoms with Crippen molar-refractivity contribution in [2.45, 2.75) is 136 Å². The molecule has 0 rings (SSSR count). The third-order valence-electron chi connectivity index (χ3n) is 5.24. The molecule has 1 nitrogen and oxygen atoms in total. The Kier molecular flexibility index (Phi) is 21.0. The summed E-state index contributed by atoms with van der Waals surface area (Å²) in [6.07, 6.45) is 27.4. The van der Waals surface area contributed by atoms with Crippen LogP contribution in [0.3, 0.4) is 0 Å². The van der Waals surface area contributed by atoms with E-state index >= 15 is 0 Å². The molecule has 24 heavy (non-hydrogen) atoms. The van der Waals surface area contributed by atoms with Gasteiger partial charge in [0.05, 0.1) is 0 Å². The number of hydrogen-bond acceptors (Lipinski definition) is 1. The van der Waals surface area contributed by atoms with Crippen molar-refractivity contribution < 1.29 is 0 Å². The van der Waals surface area contributed by atoms with Crippen LogP contribution in [0.1, 0.15) is 136 Å². The summed E-state index contributed by atoms with van der Waals surface area (Å²) >= 11 is 0. The monoisotopic (exact) mass is 339 g/mol. The van der Waals surface area contributed by atoms with E-state index in [1.54, 1.807) is 0 Å². The highest BCUT2D eigenvalue weighted by Gasteiger charge is 1.96. The maximum Gasteiger partial charge on any atom is -0.00773 e. The summed E-state index contributed by atoms with van der Waals surface area (Å²) in [5.41, 5.74) is 5.51.